The largest absolute Gasteiger partial charge is 0.483 e. The van der Waals surface area contributed by atoms with Crippen LogP contribution in [0.3, 0.4) is 0 Å². The zero-order valence-electron chi connectivity index (χ0n) is 7.87. The Morgan fingerprint density at radius 3 is 1.25 bits per heavy atom. The third-order valence-electron chi connectivity index (χ3n) is 1.40. The van der Waals surface area contributed by atoms with E-state index in [9.17, 15) is 0 Å². The highest BCUT2D eigenvalue weighted by molar-refractivity contribution is 6.36. The van der Waals surface area contributed by atoms with Crippen LogP contribution in [0.25, 0.3) is 0 Å². The van der Waals surface area contributed by atoms with Crippen molar-refractivity contribution in [3.05, 3.63) is 0 Å². The zero-order chi connectivity index (χ0) is 9.61. The summed E-state index contributed by atoms with van der Waals surface area (Å²) in [4.78, 5) is 0. The average Bonchev–Trinajstić information content (AvgIpc) is 2.71. The van der Waals surface area contributed by atoms with Crippen LogP contribution in [-0.2, 0) is 13.3 Å². The first-order chi connectivity index (χ1) is 5.55. The van der Waals surface area contributed by atoms with E-state index in [1.54, 1.807) is 21.3 Å². The van der Waals surface area contributed by atoms with E-state index in [0.29, 0.717) is 0 Å². The van der Waals surface area contributed by atoms with Crippen LogP contribution in [0, 0.1) is 0 Å². The van der Waals surface area contributed by atoms with Gasteiger partial charge in [-0.25, -0.2) is 0 Å². The Labute approximate surface area is 74.9 Å². The van der Waals surface area contributed by atoms with Crippen LogP contribution < -0.4 is 11.5 Å². The van der Waals surface area contributed by atoms with Crippen LogP contribution in [0.15, 0.2) is 0 Å². The second-order valence-corrected chi connectivity index (χ2v) is 4.72. The maximum absolute atomic E-state index is 5.24. The number of rotatable bonds is 3. The van der Waals surface area contributed by atoms with Crippen molar-refractivity contribution >= 4 is 9.53 Å². The monoisotopic (exact) mass is 194 g/mol. The van der Waals surface area contributed by atoms with E-state index in [2.05, 4.69) is 0 Å². The fraction of sp³-hybridized carbons (Fsp3) is 1.00. The van der Waals surface area contributed by atoms with E-state index < -0.39 is 9.53 Å². The van der Waals surface area contributed by atoms with Gasteiger partial charge in [0, 0.05) is 21.3 Å². The molecule has 5 nitrogen and oxygen atoms in total. The highest BCUT2D eigenvalue weighted by Crippen LogP contribution is 2.24. The second-order valence-electron chi connectivity index (χ2n) is 2.73. The molecule has 74 valence electrons. The van der Waals surface area contributed by atoms with Gasteiger partial charge < -0.3 is 24.7 Å². The molecule has 0 aliphatic heterocycles. The molecular weight excluding hydrogens is 176 g/mol. The Bertz CT molecular complexity index is 108. The van der Waals surface area contributed by atoms with Gasteiger partial charge in [-0.05, 0) is 12.8 Å². The normalized spacial score (nSPS) is 18.5. The van der Waals surface area contributed by atoms with Crippen molar-refractivity contribution in [3.63, 3.8) is 0 Å². The summed E-state index contributed by atoms with van der Waals surface area (Å²) in [6, 6.07) is 0. The molecule has 0 bridgehead atoms. The minimum Gasteiger partial charge on any atom is -0.379 e. The smallest absolute Gasteiger partial charge is 0.379 e. The predicted octanol–water partition coefficient (Wildman–Crippen LogP) is -0.963. The van der Waals surface area contributed by atoms with E-state index in [1.807, 2.05) is 0 Å². The Hall–Kier alpha value is 0.0169. The molecule has 0 atom stereocenters. The molecule has 0 unspecified atom stereocenters. The van der Waals surface area contributed by atoms with Crippen molar-refractivity contribution < 1.29 is 13.3 Å². The number of hydrogen-bond acceptors (Lipinski definition) is 5. The van der Waals surface area contributed by atoms with Crippen molar-refractivity contribution in [1.29, 1.82) is 0 Å². The van der Waals surface area contributed by atoms with Crippen molar-refractivity contribution in [2.24, 2.45) is 11.5 Å². The maximum Gasteiger partial charge on any atom is 0.483 e. The molecule has 0 radical (unpaired) electrons. The third kappa shape index (κ3) is 6.71. The first kappa shape index (κ1) is 12.0. The van der Waals surface area contributed by atoms with Gasteiger partial charge in [0.15, 0.2) is 0 Å². The highest BCUT2D eigenvalue weighted by Gasteiger charge is 2.32. The van der Waals surface area contributed by atoms with Gasteiger partial charge in [-0.2, -0.15) is 0 Å². The first-order valence-corrected chi connectivity index (χ1v) is 5.13. The lowest BCUT2D eigenvalue weighted by molar-refractivity contribution is 0.163. The lowest BCUT2D eigenvalue weighted by Gasteiger charge is -2.05. The number of hydrogen-bond donors (Lipinski definition) is 2. The Kier molecular flexibility index (Phi) is 5.63. The summed E-state index contributed by atoms with van der Waals surface area (Å²) in [6.45, 7) is 0. The van der Waals surface area contributed by atoms with Crippen molar-refractivity contribution in [2.75, 3.05) is 21.3 Å². The van der Waals surface area contributed by atoms with Crippen LogP contribution in [0.2, 0.25) is 0 Å². The van der Waals surface area contributed by atoms with Gasteiger partial charge in [-0.3, -0.25) is 0 Å². The summed E-state index contributed by atoms with van der Waals surface area (Å²) < 4.78 is 14.2. The van der Waals surface area contributed by atoms with Gasteiger partial charge in [-0.1, -0.05) is 0 Å². The van der Waals surface area contributed by atoms with Crippen LogP contribution in [-0.4, -0.2) is 36.5 Å². The highest BCUT2D eigenvalue weighted by atomic mass is 28.3. The fourth-order valence-corrected chi connectivity index (χ4v) is 1.01. The second kappa shape index (κ2) is 5.63. The van der Waals surface area contributed by atoms with Crippen molar-refractivity contribution in [1.82, 2.24) is 0 Å². The summed E-state index contributed by atoms with van der Waals surface area (Å²) in [5.41, 5.74) is 10.2. The lowest BCUT2D eigenvalue weighted by atomic mass is 10.6. The molecule has 0 aromatic carbocycles. The molecule has 0 heterocycles. The molecular formula is C6H18N2O3Si. The first-order valence-electron chi connectivity index (χ1n) is 3.72. The molecule has 6 heteroatoms. The molecule has 0 saturated heterocycles. The summed E-state index contributed by atoms with van der Waals surface area (Å²) in [5, 5.41) is 0. The quantitative estimate of drug-likeness (QED) is 0.447. The molecule has 12 heavy (non-hydrogen) atoms. The zero-order valence-corrected chi connectivity index (χ0v) is 9.03. The summed E-state index contributed by atoms with van der Waals surface area (Å²) >= 11 is 0. The van der Waals surface area contributed by atoms with Gasteiger partial charge in [0.1, 0.15) is 0 Å². The van der Waals surface area contributed by atoms with Crippen molar-refractivity contribution in [2.45, 2.75) is 18.5 Å². The standard InChI is InChI=1S/C3H8N2.C3H10O3Si/c4-3(5)1-2-3;1-4-7(5-2)6-3/h1-2,4-5H2;7H,1-3H3. The van der Waals surface area contributed by atoms with E-state index in [4.69, 9.17) is 24.7 Å². The fourth-order valence-electron chi connectivity index (χ4n) is 0.433. The molecule has 1 aliphatic rings. The van der Waals surface area contributed by atoms with Gasteiger partial charge in [0.2, 0.25) is 0 Å². The van der Waals surface area contributed by atoms with Gasteiger partial charge >= 0.3 is 9.53 Å². The molecule has 0 amide bonds. The van der Waals surface area contributed by atoms with E-state index >= 15 is 0 Å². The van der Waals surface area contributed by atoms with Gasteiger partial charge in [0.25, 0.3) is 0 Å². The predicted molar refractivity (Wildman–Crippen MR) is 48.5 cm³/mol. The van der Waals surface area contributed by atoms with Crippen LogP contribution in [0.1, 0.15) is 12.8 Å². The van der Waals surface area contributed by atoms with Gasteiger partial charge in [-0.15, -0.1) is 0 Å². The minimum atomic E-state index is -1.67. The molecule has 4 N–H and O–H groups in total. The Morgan fingerprint density at radius 2 is 1.25 bits per heavy atom. The Balaban J connectivity index is 0.000000211. The molecule has 1 fully saturated rings. The molecule has 0 aromatic rings. The van der Waals surface area contributed by atoms with E-state index in [0.717, 1.165) is 12.8 Å². The molecule has 1 saturated carbocycles. The Morgan fingerprint density at radius 1 is 1.00 bits per heavy atom. The molecule has 0 aromatic heterocycles. The molecule has 1 rings (SSSR count). The van der Waals surface area contributed by atoms with Crippen molar-refractivity contribution in [3.8, 4) is 0 Å². The van der Waals surface area contributed by atoms with Gasteiger partial charge in [0.05, 0.1) is 5.66 Å². The maximum atomic E-state index is 5.24. The van der Waals surface area contributed by atoms with Crippen LogP contribution >= 0.6 is 0 Å². The molecule has 0 spiro atoms. The average molecular weight is 194 g/mol. The third-order valence-corrected chi connectivity index (χ3v) is 2.56. The van der Waals surface area contributed by atoms with Crippen LogP contribution in [0.5, 0.6) is 0 Å². The lowest BCUT2D eigenvalue weighted by Crippen LogP contribution is -2.32. The summed E-state index contributed by atoms with van der Waals surface area (Å²) in [6.07, 6.45) is 2.01. The SMILES string of the molecule is CO[SiH](OC)OC.NC1(N)CC1. The van der Waals surface area contributed by atoms with E-state index in [-0.39, 0.29) is 5.66 Å². The summed E-state index contributed by atoms with van der Waals surface area (Å²) in [7, 11) is 3.05. The summed E-state index contributed by atoms with van der Waals surface area (Å²) in [5.74, 6) is 0. The minimum absolute atomic E-state index is 0.250. The topological polar surface area (TPSA) is 79.7 Å². The van der Waals surface area contributed by atoms with E-state index in [1.165, 1.54) is 0 Å². The molecule has 1 aliphatic carbocycles. The van der Waals surface area contributed by atoms with Crippen LogP contribution in [0.4, 0.5) is 0 Å². The number of nitrogens with two attached hydrogens (primary N) is 2.